The summed E-state index contributed by atoms with van der Waals surface area (Å²) in [5.74, 6) is 0.636. The molecule has 0 aromatic carbocycles. The highest BCUT2D eigenvalue weighted by Crippen LogP contribution is 2.28. The molecule has 9 nitrogen and oxygen atoms in total. The van der Waals surface area contributed by atoms with E-state index in [4.69, 9.17) is 4.52 Å². The van der Waals surface area contributed by atoms with E-state index in [0.29, 0.717) is 17.3 Å². The zero-order valence-electron chi connectivity index (χ0n) is 18.7. The predicted molar refractivity (Wildman–Crippen MR) is 116 cm³/mol. The molecular weight excluding hydrogens is 396 g/mol. The van der Waals surface area contributed by atoms with Crippen molar-refractivity contribution in [1.82, 2.24) is 14.9 Å². The predicted octanol–water partition coefficient (Wildman–Crippen LogP) is 3.34. The second-order valence-corrected chi connectivity index (χ2v) is 9.26. The van der Waals surface area contributed by atoms with Gasteiger partial charge in [-0.25, -0.2) is 4.99 Å². The van der Waals surface area contributed by atoms with Gasteiger partial charge in [0, 0.05) is 22.8 Å². The van der Waals surface area contributed by atoms with E-state index in [-0.39, 0.29) is 35.5 Å². The minimum Gasteiger partial charge on any atom is -0.361 e. The molecule has 164 valence electrons. The average molecular weight is 425 g/mol. The van der Waals surface area contributed by atoms with Gasteiger partial charge in [-0.1, -0.05) is 32.3 Å². The van der Waals surface area contributed by atoms with Crippen molar-refractivity contribution >= 4 is 29.3 Å². The van der Waals surface area contributed by atoms with Crippen LogP contribution in [-0.2, 0) is 21.4 Å². The van der Waals surface area contributed by atoms with Crippen LogP contribution in [0, 0.1) is 19.8 Å². The second kappa shape index (κ2) is 7.86. The molecule has 0 saturated heterocycles. The van der Waals surface area contributed by atoms with Gasteiger partial charge in [0.1, 0.15) is 11.6 Å². The Kier molecular flexibility index (Phi) is 5.36. The number of aromatic nitrogens is 3. The van der Waals surface area contributed by atoms with Crippen LogP contribution >= 0.6 is 0 Å². The third-order valence-electron chi connectivity index (χ3n) is 5.78. The number of carbonyl (C=O) groups is 2. The van der Waals surface area contributed by atoms with Crippen molar-refractivity contribution in [3.8, 4) is 0 Å². The first-order valence-corrected chi connectivity index (χ1v) is 10.7. The average Bonchev–Trinajstić information content (AvgIpc) is 3.26. The Bertz CT molecular complexity index is 1080. The van der Waals surface area contributed by atoms with Crippen molar-refractivity contribution in [2.75, 3.05) is 5.32 Å². The quantitative estimate of drug-likeness (QED) is 0.811. The highest BCUT2D eigenvalue weighted by atomic mass is 16.5. The fourth-order valence-corrected chi connectivity index (χ4v) is 3.91. The third-order valence-corrected chi connectivity index (χ3v) is 5.78. The molecular formula is C22H28N6O3. The number of hydrogen-bond acceptors (Lipinski definition) is 6. The lowest BCUT2D eigenvalue weighted by Gasteiger charge is -2.24. The number of rotatable bonds is 3. The molecule has 31 heavy (non-hydrogen) atoms. The smallest absolute Gasteiger partial charge is 0.257 e. The van der Waals surface area contributed by atoms with Crippen LogP contribution in [0.5, 0.6) is 0 Å². The summed E-state index contributed by atoms with van der Waals surface area (Å²) >= 11 is 0. The van der Waals surface area contributed by atoms with Crippen molar-refractivity contribution in [3.63, 3.8) is 0 Å². The summed E-state index contributed by atoms with van der Waals surface area (Å²) in [5.41, 5.74) is 2.82. The zero-order chi connectivity index (χ0) is 22.3. The molecule has 2 aromatic rings. The molecule has 1 unspecified atom stereocenters. The maximum Gasteiger partial charge on any atom is 0.257 e. The molecule has 2 aromatic heterocycles. The summed E-state index contributed by atoms with van der Waals surface area (Å²) in [5, 5.41) is 11.5. The Labute approximate surface area is 181 Å². The van der Waals surface area contributed by atoms with Gasteiger partial charge >= 0.3 is 0 Å². The second-order valence-electron chi connectivity index (χ2n) is 9.26. The normalized spacial score (nSPS) is 19.0. The molecule has 1 saturated carbocycles. The lowest BCUT2D eigenvalue weighted by molar-refractivity contribution is -0.120. The van der Waals surface area contributed by atoms with Crippen LogP contribution in [0.1, 0.15) is 69.2 Å². The first-order valence-electron chi connectivity index (χ1n) is 10.7. The van der Waals surface area contributed by atoms with E-state index in [1.807, 2.05) is 26.8 Å². The molecule has 1 aliphatic heterocycles. The lowest BCUT2D eigenvalue weighted by atomic mass is 9.86. The Morgan fingerprint density at radius 2 is 2.03 bits per heavy atom. The molecule has 1 N–H and O–H groups in total. The Balaban J connectivity index is 1.66. The molecule has 0 bridgehead atoms. The summed E-state index contributed by atoms with van der Waals surface area (Å²) in [6.45, 7) is 9.69. The van der Waals surface area contributed by atoms with Gasteiger partial charge in [-0.3, -0.25) is 9.59 Å². The van der Waals surface area contributed by atoms with Crippen LogP contribution in [0.4, 0.5) is 5.82 Å². The summed E-state index contributed by atoms with van der Waals surface area (Å²) in [4.78, 5) is 34.3. The Hall–Kier alpha value is -3.10. The van der Waals surface area contributed by atoms with Crippen molar-refractivity contribution in [2.24, 2.45) is 15.9 Å². The van der Waals surface area contributed by atoms with Crippen molar-refractivity contribution in [1.29, 1.82) is 0 Å². The molecule has 4 rings (SSSR count). The van der Waals surface area contributed by atoms with E-state index in [1.54, 1.807) is 13.8 Å². The fraction of sp³-hybridized carbons (Fsp3) is 0.545. The monoisotopic (exact) mass is 424 g/mol. The molecule has 2 aliphatic rings. The number of fused-ring (bicyclic) bond motifs is 1. The van der Waals surface area contributed by atoms with E-state index in [0.717, 1.165) is 42.7 Å². The SMILES string of the molecule is Cc1noc(C)c1CC(=O)Nc1cc(C(C)(C)C)nn1C1=NC(=O)C2CCCCC2=N1. The number of nitrogens with zero attached hydrogens (tertiary/aromatic N) is 5. The largest absolute Gasteiger partial charge is 0.361 e. The summed E-state index contributed by atoms with van der Waals surface area (Å²) < 4.78 is 6.63. The third kappa shape index (κ3) is 4.22. The fourth-order valence-electron chi connectivity index (χ4n) is 3.91. The Morgan fingerprint density at radius 1 is 1.26 bits per heavy atom. The lowest BCUT2D eigenvalue weighted by Crippen LogP contribution is -2.34. The maximum atomic E-state index is 12.8. The minimum atomic E-state index is -0.258. The van der Waals surface area contributed by atoms with Gasteiger partial charge < -0.3 is 9.84 Å². The van der Waals surface area contributed by atoms with Crippen molar-refractivity contribution in [3.05, 3.63) is 28.8 Å². The van der Waals surface area contributed by atoms with Crippen molar-refractivity contribution < 1.29 is 14.1 Å². The van der Waals surface area contributed by atoms with E-state index >= 15 is 0 Å². The standard InChI is InChI=1S/C22H28N6O3/c1-12-15(13(2)31-27-12)10-19(29)24-18-11-17(22(3,4)5)26-28(18)21-23-16-9-7-6-8-14(16)20(30)25-21/h11,14H,6-10H2,1-5H3,(H,24,29). The van der Waals surface area contributed by atoms with Crippen LogP contribution in [0.15, 0.2) is 20.6 Å². The number of nitrogens with one attached hydrogen (secondary N) is 1. The number of anilines is 1. The Morgan fingerprint density at radius 3 is 2.71 bits per heavy atom. The molecule has 0 radical (unpaired) electrons. The van der Waals surface area contributed by atoms with Gasteiger partial charge in [-0.15, -0.1) is 0 Å². The first kappa shape index (κ1) is 21.1. The topological polar surface area (TPSA) is 115 Å². The molecule has 0 spiro atoms. The van der Waals surface area contributed by atoms with Gasteiger partial charge in [0.15, 0.2) is 0 Å². The van der Waals surface area contributed by atoms with E-state index in [2.05, 4.69) is 25.6 Å². The summed E-state index contributed by atoms with van der Waals surface area (Å²) in [6.07, 6.45) is 3.74. The molecule has 9 heteroatoms. The van der Waals surface area contributed by atoms with Crippen LogP contribution in [0.3, 0.4) is 0 Å². The number of amides is 2. The van der Waals surface area contributed by atoms with Crippen LogP contribution in [0.25, 0.3) is 0 Å². The van der Waals surface area contributed by atoms with E-state index in [9.17, 15) is 9.59 Å². The van der Waals surface area contributed by atoms with Gasteiger partial charge in [0.05, 0.1) is 23.7 Å². The van der Waals surface area contributed by atoms with Crippen molar-refractivity contribution in [2.45, 2.75) is 72.1 Å². The molecule has 1 atom stereocenters. The number of aryl methyl sites for hydroxylation is 2. The van der Waals surface area contributed by atoms with Gasteiger partial charge in [-0.05, 0) is 33.1 Å². The molecule has 3 heterocycles. The highest BCUT2D eigenvalue weighted by Gasteiger charge is 2.33. The van der Waals surface area contributed by atoms with E-state index in [1.165, 1.54) is 4.68 Å². The maximum absolute atomic E-state index is 12.8. The van der Waals surface area contributed by atoms with Crippen LogP contribution in [0.2, 0.25) is 0 Å². The summed E-state index contributed by atoms with van der Waals surface area (Å²) in [6, 6.07) is 1.81. The molecule has 2 amide bonds. The number of carbonyl (C=O) groups excluding carboxylic acids is 2. The zero-order valence-corrected chi connectivity index (χ0v) is 18.7. The first-order chi connectivity index (χ1) is 14.6. The molecule has 1 aliphatic carbocycles. The minimum absolute atomic E-state index is 0.124. The summed E-state index contributed by atoms with van der Waals surface area (Å²) in [7, 11) is 0. The van der Waals surface area contributed by atoms with E-state index < -0.39 is 0 Å². The van der Waals surface area contributed by atoms with Crippen LogP contribution < -0.4 is 5.32 Å². The number of hydrogen-bond donors (Lipinski definition) is 1. The van der Waals surface area contributed by atoms with Gasteiger partial charge in [0.25, 0.3) is 11.9 Å². The number of aliphatic imine (C=N–C) groups is 2. The highest BCUT2D eigenvalue weighted by molar-refractivity contribution is 6.16. The van der Waals surface area contributed by atoms with Gasteiger partial charge in [0.2, 0.25) is 5.91 Å². The van der Waals surface area contributed by atoms with Crippen LogP contribution in [-0.4, -0.2) is 38.4 Å². The van der Waals surface area contributed by atoms with Gasteiger partial charge in [-0.2, -0.15) is 14.8 Å². The molecule has 1 fully saturated rings.